The van der Waals surface area contributed by atoms with E-state index < -0.39 is 0 Å². The molecule has 2 heterocycles. The van der Waals surface area contributed by atoms with Gasteiger partial charge in [-0.2, -0.15) is 0 Å². The Bertz CT molecular complexity index is 514. The van der Waals surface area contributed by atoms with Gasteiger partial charge < -0.3 is 9.73 Å². The van der Waals surface area contributed by atoms with Crippen LogP contribution in [0.25, 0.3) is 0 Å². The van der Waals surface area contributed by atoms with Crippen LogP contribution >= 0.6 is 11.3 Å². The van der Waals surface area contributed by atoms with Crippen LogP contribution in [0.1, 0.15) is 38.6 Å². The highest BCUT2D eigenvalue weighted by molar-refractivity contribution is 7.12. The average molecular weight is 249 g/mol. The zero-order valence-corrected chi connectivity index (χ0v) is 10.9. The van der Waals surface area contributed by atoms with Crippen molar-refractivity contribution in [3.63, 3.8) is 0 Å². The van der Waals surface area contributed by atoms with E-state index in [0.717, 1.165) is 0 Å². The minimum atomic E-state index is -0.102. The summed E-state index contributed by atoms with van der Waals surface area (Å²) in [5, 5.41) is 2.96. The van der Waals surface area contributed by atoms with Crippen LogP contribution in [0, 0.1) is 13.8 Å². The fourth-order valence-electron chi connectivity index (χ4n) is 1.83. The van der Waals surface area contributed by atoms with Gasteiger partial charge in [-0.15, -0.1) is 11.3 Å². The summed E-state index contributed by atoms with van der Waals surface area (Å²) < 4.78 is 4.89. The minimum absolute atomic E-state index is 0.0161. The highest BCUT2D eigenvalue weighted by Crippen LogP contribution is 2.26. The highest BCUT2D eigenvalue weighted by atomic mass is 32.1. The molecule has 2 aromatic rings. The van der Waals surface area contributed by atoms with Crippen LogP contribution in [-0.4, -0.2) is 5.91 Å². The molecule has 0 saturated carbocycles. The van der Waals surface area contributed by atoms with Gasteiger partial charge in [0, 0.05) is 9.75 Å². The van der Waals surface area contributed by atoms with Crippen LogP contribution in [0.3, 0.4) is 0 Å². The summed E-state index contributed by atoms with van der Waals surface area (Å²) in [5.41, 5.74) is 1.74. The van der Waals surface area contributed by atoms with Crippen molar-refractivity contribution < 1.29 is 9.21 Å². The van der Waals surface area contributed by atoms with E-state index in [4.69, 9.17) is 4.42 Å². The summed E-state index contributed by atoms with van der Waals surface area (Å²) in [6, 6.07) is 3.80. The van der Waals surface area contributed by atoms with Gasteiger partial charge >= 0.3 is 0 Å². The topological polar surface area (TPSA) is 42.2 Å². The highest BCUT2D eigenvalue weighted by Gasteiger charge is 2.15. The van der Waals surface area contributed by atoms with Gasteiger partial charge in [-0.05, 0) is 38.5 Å². The second kappa shape index (κ2) is 4.75. The van der Waals surface area contributed by atoms with Gasteiger partial charge in [0.05, 0.1) is 17.9 Å². The predicted molar refractivity (Wildman–Crippen MR) is 68.4 cm³/mol. The van der Waals surface area contributed by atoms with E-state index in [0.29, 0.717) is 5.56 Å². The van der Waals surface area contributed by atoms with E-state index in [1.165, 1.54) is 27.8 Å². The molecule has 0 aliphatic carbocycles. The first-order valence-electron chi connectivity index (χ1n) is 5.48. The molecule has 90 valence electrons. The molecule has 1 amide bonds. The fourth-order valence-corrected chi connectivity index (χ4v) is 2.85. The van der Waals surface area contributed by atoms with E-state index in [2.05, 4.69) is 25.2 Å². The largest absolute Gasteiger partial charge is 0.472 e. The Hall–Kier alpha value is -1.55. The van der Waals surface area contributed by atoms with Gasteiger partial charge in [0.25, 0.3) is 5.91 Å². The van der Waals surface area contributed by atoms with E-state index >= 15 is 0 Å². The van der Waals surface area contributed by atoms with Gasteiger partial charge in [0.1, 0.15) is 6.26 Å². The smallest absolute Gasteiger partial charge is 0.255 e. The molecule has 0 fully saturated rings. The molecule has 0 unspecified atom stereocenters. The number of aryl methyl sites for hydroxylation is 2. The van der Waals surface area contributed by atoms with E-state index in [-0.39, 0.29) is 11.9 Å². The van der Waals surface area contributed by atoms with Gasteiger partial charge in [0.15, 0.2) is 0 Å². The van der Waals surface area contributed by atoms with Crippen molar-refractivity contribution in [1.82, 2.24) is 5.32 Å². The maximum Gasteiger partial charge on any atom is 0.255 e. The zero-order valence-electron chi connectivity index (χ0n) is 10.1. The number of nitrogens with one attached hydrogen (secondary N) is 1. The summed E-state index contributed by atoms with van der Waals surface area (Å²) in [5.74, 6) is -0.102. The molecular weight excluding hydrogens is 234 g/mol. The second-order valence-corrected chi connectivity index (χ2v) is 5.54. The molecule has 0 spiro atoms. The van der Waals surface area contributed by atoms with Crippen molar-refractivity contribution in [2.75, 3.05) is 0 Å². The fraction of sp³-hybridized carbons (Fsp3) is 0.308. The van der Waals surface area contributed by atoms with Crippen LogP contribution in [0.4, 0.5) is 0 Å². The van der Waals surface area contributed by atoms with Crippen molar-refractivity contribution in [2.24, 2.45) is 0 Å². The van der Waals surface area contributed by atoms with Gasteiger partial charge in [-0.3, -0.25) is 4.79 Å². The third-order valence-electron chi connectivity index (χ3n) is 2.68. The molecule has 0 aromatic carbocycles. The maximum absolute atomic E-state index is 11.8. The van der Waals surface area contributed by atoms with Crippen molar-refractivity contribution in [3.8, 4) is 0 Å². The second-order valence-electron chi connectivity index (χ2n) is 4.08. The lowest BCUT2D eigenvalue weighted by atomic mass is 10.1. The number of carbonyl (C=O) groups excluding carboxylic acids is 1. The lowest BCUT2D eigenvalue weighted by Crippen LogP contribution is -2.26. The number of thiophene rings is 1. The summed E-state index contributed by atoms with van der Waals surface area (Å²) in [6.45, 7) is 6.14. The van der Waals surface area contributed by atoms with Crippen LogP contribution in [0.15, 0.2) is 29.1 Å². The van der Waals surface area contributed by atoms with Gasteiger partial charge in [0.2, 0.25) is 0 Å². The number of furan rings is 1. The quantitative estimate of drug-likeness (QED) is 0.905. The number of amides is 1. The monoisotopic (exact) mass is 249 g/mol. The number of hydrogen-bond donors (Lipinski definition) is 1. The Morgan fingerprint density at radius 3 is 2.76 bits per heavy atom. The summed E-state index contributed by atoms with van der Waals surface area (Å²) in [6.07, 6.45) is 2.95. The van der Waals surface area contributed by atoms with E-state index in [1.807, 2.05) is 6.92 Å². The lowest BCUT2D eigenvalue weighted by molar-refractivity contribution is 0.0939. The third kappa shape index (κ3) is 2.58. The zero-order chi connectivity index (χ0) is 12.4. The van der Waals surface area contributed by atoms with Crippen LogP contribution < -0.4 is 5.32 Å². The Morgan fingerprint density at radius 1 is 1.47 bits per heavy atom. The maximum atomic E-state index is 11.8. The predicted octanol–water partition coefficient (Wildman–Crippen LogP) is 3.45. The van der Waals surface area contributed by atoms with Crippen molar-refractivity contribution in [2.45, 2.75) is 26.8 Å². The first-order chi connectivity index (χ1) is 8.08. The third-order valence-corrected chi connectivity index (χ3v) is 3.66. The molecular formula is C13H15NO2S. The standard InChI is InChI=1S/C13H15NO2S/c1-8-6-12(10(3)17-8)9(2)14-13(15)11-4-5-16-7-11/h4-7,9H,1-3H3,(H,14,15)/t9-/m1/s1. The van der Waals surface area contributed by atoms with E-state index in [1.54, 1.807) is 17.4 Å². The first-order valence-corrected chi connectivity index (χ1v) is 6.29. The van der Waals surface area contributed by atoms with Crippen molar-refractivity contribution >= 4 is 17.2 Å². The van der Waals surface area contributed by atoms with Crippen LogP contribution in [-0.2, 0) is 0 Å². The molecule has 17 heavy (non-hydrogen) atoms. The number of rotatable bonds is 3. The number of hydrogen-bond acceptors (Lipinski definition) is 3. The molecule has 1 atom stereocenters. The molecule has 0 aliphatic heterocycles. The molecule has 0 bridgehead atoms. The molecule has 2 rings (SSSR count). The SMILES string of the molecule is Cc1cc([C@@H](C)NC(=O)c2ccoc2)c(C)s1. The molecule has 2 aromatic heterocycles. The Kier molecular flexibility index (Phi) is 3.33. The Morgan fingerprint density at radius 2 is 2.24 bits per heavy atom. The van der Waals surface area contributed by atoms with Crippen LogP contribution in [0.5, 0.6) is 0 Å². The number of carbonyl (C=O) groups is 1. The minimum Gasteiger partial charge on any atom is -0.472 e. The molecule has 0 radical (unpaired) electrons. The lowest BCUT2D eigenvalue weighted by Gasteiger charge is -2.13. The van der Waals surface area contributed by atoms with E-state index in [9.17, 15) is 4.79 Å². The van der Waals surface area contributed by atoms with Gasteiger partial charge in [-0.25, -0.2) is 0 Å². The Labute approximate surface area is 104 Å². The average Bonchev–Trinajstić information content (AvgIpc) is 2.87. The summed E-state index contributed by atoms with van der Waals surface area (Å²) >= 11 is 1.75. The molecule has 1 N–H and O–H groups in total. The summed E-state index contributed by atoms with van der Waals surface area (Å²) in [7, 11) is 0. The normalized spacial score (nSPS) is 12.4. The molecule has 3 nitrogen and oxygen atoms in total. The van der Waals surface area contributed by atoms with Crippen LogP contribution in [0.2, 0.25) is 0 Å². The first kappa shape index (κ1) is 11.9. The molecule has 0 aliphatic rings. The summed E-state index contributed by atoms with van der Waals surface area (Å²) in [4.78, 5) is 14.4. The van der Waals surface area contributed by atoms with Gasteiger partial charge in [-0.1, -0.05) is 0 Å². The van der Waals surface area contributed by atoms with Crippen molar-refractivity contribution in [3.05, 3.63) is 45.5 Å². The van der Waals surface area contributed by atoms with Crippen molar-refractivity contribution in [1.29, 1.82) is 0 Å². The molecule has 4 heteroatoms. The molecule has 0 saturated heterocycles. The Balaban J connectivity index is 2.09.